The molecule has 1 aliphatic carbocycles. The third-order valence-electron chi connectivity index (χ3n) is 3.56. The van der Waals surface area contributed by atoms with Gasteiger partial charge in [0.15, 0.2) is 5.78 Å². The summed E-state index contributed by atoms with van der Waals surface area (Å²) in [4.78, 5) is 23.7. The number of allylic oxidation sites excluding steroid dienone is 1. The van der Waals surface area contributed by atoms with Crippen molar-refractivity contribution in [3.8, 4) is 0 Å². The van der Waals surface area contributed by atoms with Crippen LogP contribution in [0.15, 0.2) is 11.6 Å². The molecule has 0 aromatic heterocycles. The molecule has 0 radical (unpaired) electrons. The Morgan fingerprint density at radius 3 is 2.25 bits per heavy atom. The van der Waals surface area contributed by atoms with E-state index in [0.29, 0.717) is 6.42 Å². The Bertz CT molecular complexity index is 352. The van der Waals surface area contributed by atoms with Crippen LogP contribution in [0.3, 0.4) is 0 Å². The summed E-state index contributed by atoms with van der Waals surface area (Å²) >= 11 is 0. The largest absolute Gasteiger partial charge is 0.468 e. The van der Waals surface area contributed by atoms with Crippen molar-refractivity contribution in [3.63, 3.8) is 0 Å². The molecule has 0 fully saturated rings. The smallest absolute Gasteiger partial charge is 0.323 e. The number of hydrogen-bond donors (Lipinski definition) is 0. The predicted octanol–water partition coefficient (Wildman–Crippen LogP) is 2.50. The van der Waals surface area contributed by atoms with Gasteiger partial charge in [-0.25, -0.2) is 0 Å². The molecule has 0 bridgehead atoms. The van der Waals surface area contributed by atoms with Crippen molar-refractivity contribution in [2.24, 2.45) is 10.8 Å². The van der Waals surface area contributed by atoms with Gasteiger partial charge in [-0.1, -0.05) is 25.5 Å². The van der Waals surface area contributed by atoms with Crippen molar-refractivity contribution in [3.05, 3.63) is 11.6 Å². The van der Waals surface area contributed by atoms with Gasteiger partial charge in [0, 0.05) is 0 Å². The molecule has 1 atom stereocenters. The summed E-state index contributed by atoms with van der Waals surface area (Å²) in [6.45, 7) is 7.53. The Hall–Kier alpha value is -1.12. The van der Waals surface area contributed by atoms with Crippen LogP contribution in [0.4, 0.5) is 0 Å². The highest BCUT2D eigenvalue weighted by molar-refractivity contribution is 6.06. The summed E-state index contributed by atoms with van der Waals surface area (Å²) in [7, 11) is 1.33. The Morgan fingerprint density at radius 1 is 1.31 bits per heavy atom. The molecule has 0 aliphatic heterocycles. The van der Waals surface area contributed by atoms with Gasteiger partial charge < -0.3 is 4.74 Å². The van der Waals surface area contributed by atoms with Crippen molar-refractivity contribution < 1.29 is 14.3 Å². The van der Waals surface area contributed by atoms with Crippen molar-refractivity contribution in [1.82, 2.24) is 0 Å². The lowest BCUT2D eigenvalue weighted by atomic mass is 9.64. The minimum absolute atomic E-state index is 0.0526. The molecule has 0 amide bonds. The molecule has 0 aromatic rings. The summed E-state index contributed by atoms with van der Waals surface area (Å²) < 4.78 is 4.79. The van der Waals surface area contributed by atoms with E-state index in [1.165, 1.54) is 14.0 Å². The SMILES string of the molecule is COC(=O)C1(C(C)=O)CCC(C)(C)C=C1C. The molecule has 0 heterocycles. The number of ether oxygens (including phenoxy) is 1. The molecule has 1 unspecified atom stereocenters. The van der Waals surface area contributed by atoms with Crippen molar-refractivity contribution in [2.75, 3.05) is 7.11 Å². The van der Waals surface area contributed by atoms with Gasteiger partial charge in [0.25, 0.3) is 0 Å². The van der Waals surface area contributed by atoms with E-state index in [2.05, 4.69) is 13.8 Å². The van der Waals surface area contributed by atoms with Crippen LogP contribution in [0.25, 0.3) is 0 Å². The number of methoxy groups -OCH3 is 1. The van der Waals surface area contributed by atoms with Gasteiger partial charge in [-0.05, 0) is 32.1 Å². The number of carbonyl (C=O) groups excluding carboxylic acids is 2. The number of carbonyl (C=O) groups is 2. The summed E-state index contributed by atoms with van der Waals surface area (Å²) in [5.41, 5.74) is -0.162. The lowest BCUT2D eigenvalue weighted by Crippen LogP contribution is -2.43. The van der Waals surface area contributed by atoms with Gasteiger partial charge in [0.1, 0.15) is 5.41 Å². The Labute approximate surface area is 96.9 Å². The standard InChI is InChI=1S/C13H20O3/c1-9-8-12(3,4)6-7-13(9,10(2)14)11(15)16-5/h8H,6-7H2,1-5H3. The number of hydrogen-bond acceptors (Lipinski definition) is 3. The van der Waals surface area contributed by atoms with E-state index >= 15 is 0 Å². The first kappa shape index (κ1) is 12.9. The Morgan fingerprint density at radius 2 is 1.88 bits per heavy atom. The van der Waals surface area contributed by atoms with E-state index in [4.69, 9.17) is 4.74 Å². The van der Waals surface area contributed by atoms with E-state index in [9.17, 15) is 9.59 Å². The third kappa shape index (κ3) is 1.91. The van der Waals surface area contributed by atoms with Gasteiger partial charge in [0.05, 0.1) is 7.11 Å². The van der Waals surface area contributed by atoms with E-state index in [1.54, 1.807) is 0 Å². The zero-order valence-electron chi connectivity index (χ0n) is 10.7. The topological polar surface area (TPSA) is 43.4 Å². The lowest BCUT2D eigenvalue weighted by molar-refractivity contribution is -0.156. The van der Waals surface area contributed by atoms with Crippen LogP contribution in [0.1, 0.15) is 40.5 Å². The minimum Gasteiger partial charge on any atom is -0.468 e. The molecular formula is C13H20O3. The second-order valence-corrected chi connectivity index (χ2v) is 5.27. The van der Waals surface area contributed by atoms with E-state index < -0.39 is 11.4 Å². The minimum atomic E-state index is -1.04. The highest BCUT2D eigenvalue weighted by atomic mass is 16.5. The molecule has 1 aliphatic rings. The second-order valence-electron chi connectivity index (χ2n) is 5.27. The maximum absolute atomic E-state index is 11.9. The maximum atomic E-state index is 11.9. The van der Waals surface area contributed by atoms with Crippen LogP contribution in [0, 0.1) is 10.8 Å². The molecular weight excluding hydrogens is 204 g/mol. The van der Waals surface area contributed by atoms with Gasteiger partial charge in [-0.2, -0.15) is 0 Å². The molecule has 1 rings (SSSR count). The number of ketones is 1. The van der Waals surface area contributed by atoms with Gasteiger partial charge >= 0.3 is 5.97 Å². The second kappa shape index (κ2) is 4.04. The first-order valence-electron chi connectivity index (χ1n) is 5.56. The molecule has 0 aromatic carbocycles. The molecule has 16 heavy (non-hydrogen) atoms. The van der Waals surface area contributed by atoms with Gasteiger partial charge in [-0.15, -0.1) is 0 Å². The average molecular weight is 224 g/mol. The van der Waals surface area contributed by atoms with Crippen LogP contribution in [-0.2, 0) is 14.3 Å². The molecule has 0 N–H and O–H groups in total. The maximum Gasteiger partial charge on any atom is 0.323 e. The quantitative estimate of drug-likeness (QED) is 0.411. The van der Waals surface area contributed by atoms with E-state index in [0.717, 1.165) is 12.0 Å². The van der Waals surface area contributed by atoms with Crippen molar-refractivity contribution >= 4 is 11.8 Å². The van der Waals surface area contributed by atoms with Crippen LogP contribution >= 0.6 is 0 Å². The summed E-state index contributed by atoms with van der Waals surface area (Å²) in [5, 5.41) is 0. The first-order valence-corrected chi connectivity index (χ1v) is 5.56. The lowest BCUT2D eigenvalue weighted by Gasteiger charge is -2.38. The summed E-state index contributed by atoms with van der Waals surface area (Å²) in [6.07, 6.45) is 3.39. The molecule has 3 nitrogen and oxygen atoms in total. The molecule has 0 saturated heterocycles. The fraction of sp³-hybridized carbons (Fsp3) is 0.692. The zero-order valence-corrected chi connectivity index (χ0v) is 10.7. The van der Waals surface area contributed by atoms with Crippen LogP contribution in [0.5, 0.6) is 0 Å². The van der Waals surface area contributed by atoms with Crippen LogP contribution in [-0.4, -0.2) is 18.9 Å². The monoisotopic (exact) mass is 224 g/mol. The number of rotatable bonds is 2. The normalized spacial score (nSPS) is 28.2. The molecule has 0 spiro atoms. The Kier molecular flexibility index (Phi) is 3.27. The van der Waals surface area contributed by atoms with E-state index in [1.807, 2.05) is 13.0 Å². The summed E-state index contributed by atoms with van der Waals surface area (Å²) in [6, 6.07) is 0. The van der Waals surface area contributed by atoms with Gasteiger partial charge in [-0.3, -0.25) is 9.59 Å². The predicted molar refractivity (Wildman–Crippen MR) is 61.9 cm³/mol. The van der Waals surface area contributed by atoms with Crippen molar-refractivity contribution in [2.45, 2.75) is 40.5 Å². The highest BCUT2D eigenvalue weighted by Gasteiger charge is 2.49. The Balaban J connectivity index is 3.26. The summed E-state index contributed by atoms with van der Waals surface area (Å²) in [5.74, 6) is -0.548. The van der Waals surface area contributed by atoms with Crippen LogP contribution in [0.2, 0.25) is 0 Å². The van der Waals surface area contributed by atoms with E-state index in [-0.39, 0.29) is 11.2 Å². The first-order chi connectivity index (χ1) is 7.26. The molecule has 0 saturated carbocycles. The zero-order chi connectivity index (χ0) is 12.6. The average Bonchev–Trinajstić information content (AvgIpc) is 2.15. The fourth-order valence-electron chi connectivity index (χ4n) is 2.52. The van der Waals surface area contributed by atoms with Crippen molar-refractivity contribution in [1.29, 1.82) is 0 Å². The highest BCUT2D eigenvalue weighted by Crippen LogP contribution is 2.45. The fourth-order valence-corrected chi connectivity index (χ4v) is 2.52. The van der Waals surface area contributed by atoms with Gasteiger partial charge in [0.2, 0.25) is 0 Å². The number of esters is 1. The number of Topliss-reactive ketones (excluding diaryl/α,β-unsaturated/α-hetero) is 1. The molecule has 3 heteroatoms. The molecule has 90 valence electrons. The third-order valence-corrected chi connectivity index (χ3v) is 3.56. The van der Waals surface area contributed by atoms with Crippen LogP contribution < -0.4 is 0 Å².